The molecule has 0 saturated heterocycles. The maximum atomic E-state index is 12.5. The average molecular weight is 513 g/mol. The molecule has 1 unspecified atom stereocenters. The number of aromatic nitrogens is 1. The number of rotatable bonds is 8. The summed E-state index contributed by atoms with van der Waals surface area (Å²) >= 11 is 3.55. The number of amides is 1. The number of nitrogens with zero attached hydrogens (tertiary/aromatic N) is 1. The summed E-state index contributed by atoms with van der Waals surface area (Å²) in [6.45, 7) is 10.2. The molecule has 0 aliphatic heterocycles. The van der Waals surface area contributed by atoms with Crippen LogP contribution in [0, 0.1) is 5.92 Å². The van der Waals surface area contributed by atoms with Gasteiger partial charge in [0.05, 0.1) is 12.5 Å². The fourth-order valence-corrected chi connectivity index (χ4v) is 4.27. The quantitative estimate of drug-likeness (QED) is 0.350. The lowest BCUT2D eigenvalue weighted by atomic mass is 9.95. The lowest BCUT2D eigenvalue weighted by Gasteiger charge is -2.23. The normalized spacial score (nSPS) is 12.7. The largest absolute Gasteiger partial charge is 0.460 e. The van der Waals surface area contributed by atoms with Gasteiger partial charge in [0.1, 0.15) is 5.60 Å². The van der Waals surface area contributed by atoms with Crippen LogP contribution in [-0.2, 0) is 9.53 Å². The van der Waals surface area contributed by atoms with Crippen LogP contribution in [0.4, 0.5) is 0 Å². The Balaban J connectivity index is 1.71. The van der Waals surface area contributed by atoms with Crippen LogP contribution >= 0.6 is 15.9 Å². The highest BCUT2D eigenvalue weighted by atomic mass is 79.9. The Bertz CT molecular complexity index is 1110. The maximum Gasteiger partial charge on any atom is 0.308 e. The van der Waals surface area contributed by atoms with E-state index in [1.54, 1.807) is 0 Å². The van der Waals surface area contributed by atoms with Crippen LogP contribution in [0.1, 0.15) is 69.4 Å². The second kappa shape index (κ2) is 10.6. The summed E-state index contributed by atoms with van der Waals surface area (Å²) in [7, 11) is 0. The van der Waals surface area contributed by atoms with E-state index in [1.807, 2.05) is 45.0 Å². The van der Waals surface area contributed by atoms with Crippen LogP contribution in [0.25, 0.3) is 10.9 Å². The average Bonchev–Trinajstić information content (AvgIpc) is 3.13. The number of nitrogens with one attached hydrogen (secondary N) is 1. The molecule has 0 spiro atoms. The van der Waals surface area contributed by atoms with E-state index >= 15 is 0 Å². The van der Waals surface area contributed by atoms with Crippen molar-refractivity contribution in [1.82, 2.24) is 9.88 Å². The Morgan fingerprint density at radius 3 is 2.39 bits per heavy atom. The van der Waals surface area contributed by atoms with Crippen molar-refractivity contribution in [3.63, 3.8) is 0 Å². The Kier molecular flexibility index (Phi) is 8.01. The van der Waals surface area contributed by atoms with E-state index in [2.05, 4.69) is 70.1 Å². The first-order chi connectivity index (χ1) is 15.5. The molecule has 6 heteroatoms. The molecule has 5 nitrogen and oxygen atoms in total. The molecule has 2 aromatic carbocycles. The summed E-state index contributed by atoms with van der Waals surface area (Å²) in [6.07, 6.45) is 3.27. The number of ether oxygens (including phenoxy) is 1. The van der Waals surface area contributed by atoms with Crippen molar-refractivity contribution >= 4 is 38.7 Å². The van der Waals surface area contributed by atoms with Gasteiger partial charge in [-0.2, -0.15) is 0 Å². The van der Waals surface area contributed by atoms with Crippen LogP contribution in [0.2, 0.25) is 0 Å². The van der Waals surface area contributed by atoms with Gasteiger partial charge in [0.2, 0.25) is 0 Å². The molecule has 3 aromatic rings. The highest BCUT2D eigenvalue weighted by molar-refractivity contribution is 9.10. The van der Waals surface area contributed by atoms with Crippen molar-refractivity contribution in [3.05, 3.63) is 70.3 Å². The molecular formula is C27H33BrN2O3. The van der Waals surface area contributed by atoms with Crippen LogP contribution < -0.4 is 5.32 Å². The zero-order valence-electron chi connectivity index (χ0n) is 20.0. The molecule has 0 saturated carbocycles. The first-order valence-corrected chi connectivity index (χ1v) is 12.2. The fraction of sp³-hybridized carbons (Fsp3) is 0.407. The SMILES string of the molecule is CC(C)CC(c1ccc(C(=O)NCCC(=O)OC(C)(C)C)cc1)n1ccc2cc(Br)ccc21. The van der Waals surface area contributed by atoms with Gasteiger partial charge in [0.15, 0.2) is 0 Å². The molecule has 1 amide bonds. The number of benzene rings is 2. The summed E-state index contributed by atoms with van der Waals surface area (Å²) in [5.74, 6) is 0.00108. The third kappa shape index (κ3) is 6.94. The van der Waals surface area contributed by atoms with Gasteiger partial charge >= 0.3 is 5.97 Å². The van der Waals surface area contributed by atoms with Crippen LogP contribution in [0.5, 0.6) is 0 Å². The van der Waals surface area contributed by atoms with Crippen molar-refractivity contribution in [2.75, 3.05) is 6.54 Å². The standard InChI is InChI=1S/C27H33BrN2O3/c1-18(2)16-24(30-15-13-21-17-22(28)10-11-23(21)30)19-6-8-20(9-7-19)26(32)29-14-12-25(31)33-27(3,4)5/h6-11,13,15,17-18,24H,12,14,16H2,1-5H3,(H,29,32). The minimum atomic E-state index is -0.523. The molecular weight excluding hydrogens is 480 g/mol. The molecule has 0 aliphatic rings. The third-order valence-electron chi connectivity index (χ3n) is 5.31. The van der Waals surface area contributed by atoms with E-state index in [1.165, 1.54) is 10.9 Å². The molecule has 3 rings (SSSR count). The van der Waals surface area contributed by atoms with Crippen molar-refractivity contribution < 1.29 is 14.3 Å². The number of fused-ring (bicyclic) bond motifs is 1. The molecule has 1 aromatic heterocycles. The second-order valence-corrected chi connectivity index (χ2v) is 10.7. The molecule has 0 bridgehead atoms. The van der Waals surface area contributed by atoms with Crippen LogP contribution in [0.3, 0.4) is 0 Å². The predicted octanol–water partition coefficient (Wildman–Crippen LogP) is 6.50. The Morgan fingerprint density at radius 2 is 1.76 bits per heavy atom. The molecule has 176 valence electrons. The number of halogens is 1. The zero-order chi connectivity index (χ0) is 24.2. The highest BCUT2D eigenvalue weighted by Crippen LogP contribution is 2.31. The summed E-state index contributed by atoms with van der Waals surface area (Å²) in [4.78, 5) is 24.4. The topological polar surface area (TPSA) is 60.3 Å². The van der Waals surface area contributed by atoms with E-state index in [0.717, 1.165) is 16.5 Å². The highest BCUT2D eigenvalue weighted by Gasteiger charge is 2.19. The lowest BCUT2D eigenvalue weighted by molar-refractivity contribution is -0.154. The summed E-state index contributed by atoms with van der Waals surface area (Å²) in [6, 6.07) is 16.4. The van der Waals surface area contributed by atoms with Gasteiger partial charge in [-0.05, 0) is 75.1 Å². The summed E-state index contributed by atoms with van der Waals surface area (Å²) < 4.78 is 8.66. The second-order valence-electron chi connectivity index (χ2n) is 9.79. The van der Waals surface area contributed by atoms with Gasteiger partial charge in [-0.1, -0.05) is 41.9 Å². The number of carbonyl (C=O) groups is 2. The van der Waals surface area contributed by atoms with E-state index < -0.39 is 5.60 Å². The molecule has 0 radical (unpaired) electrons. The predicted molar refractivity (Wildman–Crippen MR) is 136 cm³/mol. The third-order valence-corrected chi connectivity index (χ3v) is 5.80. The first-order valence-electron chi connectivity index (χ1n) is 11.4. The summed E-state index contributed by atoms with van der Waals surface area (Å²) in [5, 5.41) is 4.00. The lowest BCUT2D eigenvalue weighted by Crippen LogP contribution is -2.29. The van der Waals surface area contributed by atoms with Crippen molar-refractivity contribution in [2.24, 2.45) is 5.92 Å². The summed E-state index contributed by atoms with van der Waals surface area (Å²) in [5.41, 5.74) is 2.40. The Morgan fingerprint density at radius 1 is 1.06 bits per heavy atom. The minimum Gasteiger partial charge on any atom is -0.460 e. The smallest absolute Gasteiger partial charge is 0.308 e. The van der Waals surface area contributed by atoms with Gasteiger partial charge in [-0.15, -0.1) is 0 Å². The minimum absolute atomic E-state index is 0.147. The number of hydrogen-bond acceptors (Lipinski definition) is 3. The van der Waals surface area contributed by atoms with Crippen molar-refractivity contribution in [2.45, 2.75) is 59.1 Å². The molecule has 1 N–H and O–H groups in total. The molecule has 0 aliphatic carbocycles. The van der Waals surface area contributed by atoms with E-state index in [0.29, 0.717) is 11.5 Å². The number of hydrogen-bond donors (Lipinski definition) is 1. The van der Waals surface area contributed by atoms with Gasteiger partial charge in [0.25, 0.3) is 5.91 Å². The van der Waals surface area contributed by atoms with E-state index in [-0.39, 0.29) is 30.9 Å². The van der Waals surface area contributed by atoms with Crippen LogP contribution in [-0.4, -0.2) is 28.6 Å². The molecule has 1 atom stereocenters. The van der Waals surface area contributed by atoms with Gasteiger partial charge in [0, 0.05) is 33.7 Å². The fourth-order valence-electron chi connectivity index (χ4n) is 3.89. The Hall–Kier alpha value is -2.60. The van der Waals surface area contributed by atoms with Gasteiger partial charge < -0.3 is 14.6 Å². The Labute approximate surface area is 204 Å². The molecule has 1 heterocycles. The maximum absolute atomic E-state index is 12.5. The van der Waals surface area contributed by atoms with E-state index in [9.17, 15) is 9.59 Å². The monoisotopic (exact) mass is 512 g/mol. The first kappa shape index (κ1) is 25.0. The van der Waals surface area contributed by atoms with Gasteiger partial charge in [-0.3, -0.25) is 9.59 Å². The molecule has 0 fully saturated rings. The zero-order valence-corrected chi connectivity index (χ0v) is 21.6. The van der Waals surface area contributed by atoms with Gasteiger partial charge in [-0.25, -0.2) is 0 Å². The number of esters is 1. The van der Waals surface area contributed by atoms with E-state index in [4.69, 9.17) is 4.74 Å². The number of carbonyl (C=O) groups excluding carboxylic acids is 2. The molecule has 33 heavy (non-hydrogen) atoms. The van der Waals surface area contributed by atoms with Crippen LogP contribution in [0.15, 0.2) is 59.2 Å². The van der Waals surface area contributed by atoms with Crippen molar-refractivity contribution in [3.8, 4) is 0 Å². The van der Waals surface area contributed by atoms with Crippen molar-refractivity contribution in [1.29, 1.82) is 0 Å².